The van der Waals surface area contributed by atoms with E-state index in [1.165, 1.54) is 24.8 Å². The Morgan fingerprint density at radius 1 is 1.04 bits per heavy atom. The molecule has 1 aliphatic rings. The van der Waals surface area contributed by atoms with Crippen LogP contribution < -0.4 is 0 Å². The van der Waals surface area contributed by atoms with E-state index in [4.69, 9.17) is 9.47 Å². The van der Waals surface area contributed by atoms with Crippen molar-refractivity contribution in [1.82, 2.24) is 0 Å². The Labute approximate surface area is 150 Å². The summed E-state index contributed by atoms with van der Waals surface area (Å²) in [6, 6.07) is 0. The van der Waals surface area contributed by atoms with Crippen LogP contribution in [0.5, 0.6) is 0 Å². The number of hydrogen-bond donors (Lipinski definition) is 0. The standard InChI is InChI=1S/C22H40O2/c1-18(2)10-7-11-19(3)12-8-13-20(4)14-9-15-22(6)23-16-21(5)17-24-22/h12,14,18,21H,7-11,13,15-17H2,1-6H3. The quantitative estimate of drug-likeness (QED) is 0.415. The van der Waals surface area contributed by atoms with Crippen molar-refractivity contribution in [2.24, 2.45) is 11.8 Å². The maximum atomic E-state index is 5.87. The van der Waals surface area contributed by atoms with Gasteiger partial charge in [-0.2, -0.15) is 0 Å². The van der Waals surface area contributed by atoms with Crippen LogP contribution in [0, 0.1) is 11.8 Å². The van der Waals surface area contributed by atoms with E-state index >= 15 is 0 Å². The maximum absolute atomic E-state index is 5.87. The lowest BCUT2D eigenvalue weighted by molar-refractivity contribution is -0.273. The summed E-state index contributed by atoms with van der Waals surface area (Å²) in [5.74, 6) is 0.965. The molecule has 0 bridgehead atoms. The van der Waals surface area contributed by atoms with Gasteiger partial charge in [0.15, 0.2) is 5.79 Å². The van der Waals surface area contributed by atoms with E-state index < -0.39 is 0 Å². The molecule has 0 aliphatic carbocycles. The molecule has 1 saturated heterocycles. The molecular weight excluding hydrogens is 296 g/mol. The Kier molecular flexibility index (Phi) is 9.92. The zero-order chi connectivity index (χ0) is 18.0. The van der Waals surface area contributed by atoms with Gasteiger partial charge in [-0.05, 0) is 58.8 Å². The van der Waals surface area contributed by atoms with Gasteiger partial charge in [0.25, 0.3) is 0 Å². The Hall–Kier alpha value is -0.600. The second-order valence-corrected chi connectivity index (χ2v) is 8.33. The fraction of sp³-hybridized carbons (Fsp3) is 0.818. The average molecular weight is 337 g/mol. The predicted octanol–water partition coefficient (Wildman–Crippen LogP) is 6.66. The van der Waals surface area contributed by atoms with Gasteiger partial charge in [0.1, 0.15) is 0 Å². The van der Waals surface area contributed by atoms with Gasteiger partial charge in [0.2, 0.25) is 0 Å². The van der Waals surface area contributed by atoms with Gasteiger partial charge in [0.05, 0.1) is 13.2 Å². The topological polar surface area (TPSA) is 18.5 Å². The third kappa shape index (κ3) is 9.64. The van der Waals surface area contributed by atoms with Crippen molar-refractivity contribution >= 4 is 0 Å². The van der Waals surface area contributed by atoms with E-state index in [9.17, 15) is 0 Å². The molecule has 0 saturated carbocycles. The van der Waals surface area contributed by atoms with Gasteiger partial charge in [-0.15, -0.1) is 0 Å². The molecule has 2 heteroatoms. The molecule has 0 atom stereocenters. The summed E-state index contributed by atoms with van der Waals surface area (Å²) < 4.78 is 11.7. The fourth-order valence-corrected chi connectivity index (χ4v) is 2.99. The van der Waals surface area contributed by atoms with E-state index in [-0.39, 0.29) is 5.79 Å². The van der Waals surface area contributed by atoms with Gasteiger partial charge >= 0.3 is 0 Å². The van der Waals surface area contributed by atoms with Gasteiger partial charge in [-0.25, -0.2) is 0 Å². The molecular formula is C22H40O2. The monoisotopic (exact) mass is 336 g/mol. The largest absolute Gasteiger partial charge is 0.350 e. The first-order valence-corrected chi connectivity index (χ1v) is 9.90. The van der Waals surface area contributed by atoms with Gasteiger partial charge in [-0.3, -0.25) is 0 Å². The van der Waals surface area contributed by atoms with Crippen LogP contribution in [0.25, 0.3) is 0 Å². The highest BCUT2D eigenvalue weighted by Gasteiger charge is 2.30. The molecule has 0 aromatic heterocycles. The fourth-order valence-electron chi connectivity index (χ4n) is 2.99. The molecule has 1 heterocycles. The lowest BCUT2D eigenvalue weighted by Crippen LogP contribution is -2.40. The number of ether oxygens (including phenoxy) is 2. The molecule has 140 valence electrons. The SMILES string of the molecule is CC(=CCCC1(C)OCC(C)CO1)CCC=C(C)CCCC(C)C. The summed E-state index contributed by atoms with van der Waals surface area (Å²) in [4.78, 5) is 0. The molecule has 2 nitrogen and oxygen atoms in total. The van der Waals surface area contributed by atoms with Crippen molar-refractivity contribution in [3.8, 4) is 0 Å². The van der Waals surface area contributed by atoms with E-state index in [2.05, 4.69) is 53.7 Å². The minimum absolute atomic E-state index is 0.379. The van der Waals surface area contributed by atoms with Crippen LogP contribution in [0.3, 0.4) is 0 Å². The maximum Gasteiger partial charge on any atom is 0.165 e. The lowest BCUT2D eigenvalue weighted by Gasteiger charge is -2.36. The summed E-state index contributed by atoms with van der Waals surface area (Å²) in [6.45, 7) is 15.0. The Morgan fingerprint density at radius 3 is 2.25 bits per heavy atom. The van der Waals surface area contributed by atoms with Crippen molar-refractivity contribution in [3.05, 3.63) is 23.3 Å². The van der Waals surface area contributed by atoms with Crippen LogP contribution in [0.1, 0.15) is 86.5 Å². The summed E-state index contributed by atoms with van der Waals surface area (Å²) in [5.41, 5.74) is 3.03. The Bertz CT molecular complexity index is 398. The van der Waals surface area contributed by atoms with Crippen molar-refractivity contribution < 1.29 is 9.47 Å². The Balaban J connectivity index is 2.20. The minimum atomic E-state index is -0.379. The number of rotatable bonds is 10. The zero-order valence-corrected chi connectivity index (χ0v) is 17.0. The summed E-state index contributed by atoms with van der Waals surface area (Å²) in [5, 5.41) is 0. The van der Waals surface area contributed by atoms with E-state index in [0.29, 0.717) is 5.92 Å². The highest BCUT2D eigenvalue weighted by atomic mass is 16.7. The third-order valence-electron chi connectivity index (χ3n) is 4.82. The highest BCUT2D eigenvalue weighted by Crippen LogP contribution is 2.26. The van der Waals surface area contributed by atoms with Gasteiger partial charge in [0, 0.05) is 12.3 Å². The smallest absolute Gasteiger partial charge is 0.165 e. The van der Waals surface area contributed by atoms with Crippen molar-refractivity contribution in [3.63, 3.8) is 0 Å². The predicted molar refractivity (Wildman–Crippen MR) is 104 cm³/mol. The highest BCUT2D eigenvalue weighted by molar-refractivity contribution is 5.03. The van der Waals surface area contributed by atoms with Crippen molar-refractivity contribution in [2.75, 3.05) is 13.2 Å². The van der Waals surface area contributed by atoms with Crippen LogP contribution in [0.15, 0.2) is 23.3 Å². The molecule has 0 N–H and O–H groups in total. The van der Waals surface area contributed by atoms with E-state index in [0.717, 1.165) is 44.8 Å². The van der Waals surface area contributed by atoms with Crippen LogP contribution >= 0.6 is 0 Å². The first-order valence-electron chi connectivity index (χ1n) is 9.90. The summed E-state index contributed by atoms with van der Waals surface area (Å²) >= 11 is 0. The van der Waals surface area contributed by atoms with Crippen LogP contribution in [0.2, 0.25) is 0 Å². The normalized spacial score (nSPS) is 26.2. The summed E-state index contributed by atoms with van der Waals surface area (Å²) in [7, 11) is 0. The van der Waals surface area contributed by atoms with Gasteiger partial charge in [-0.1, -0.05) is 50.5 Å². The summed E-state index contributed by atoms with van der Waals surface area (Å²) in [6.07, 6.45) is 13.0. The van der Waals surface area contributed by atoms with E-state index in [1.54, 1.807) is 5.57 Å². The molecule has 0 spiro atoms. The molecule has 0 unspecified atom stereocenters. The number of hydrogen-bond acceptors (Lipinski definition) is 2. The van der Waals surface area contributed by atoms with Crippen molar-refractivity contribution in [1.29, 1.82) is 0 Å². The van der Waals surface area contributed by atoms with Gasteiger partial charge < -0.3 is 9.47 Å². The third-order valence-corrected chi connectivity index (χ3v) is 4.82. The zero-order valence-electron chi connectivity index (χ0n) is 17.0. The van der Waals surface area contributed by atoms with Crippen LogP contribution in [-0.2, 0) is 9.47 Å². The number of allylic oxidation sites excluding steroid dienone is 4. The van der Waals surface area contributed by atoms with Crippen LogP contribution in [-0.4, -0.2) is 19.0 Å². The molecule has 0 amide bonds. The first-order chi connectivity index (χ1) is 11.3. The lowest BCUT2D eigenvalue weighted by atomic mass is 10.0. The minimum Gasteiger partial charge on any atom is -0.350 e. The molecule has 0 aromatic rings. The van der Waals surface area contributed by atoms with E-state index in [1.807, 2.05) is 0 Å². The molecule has 0 radical (unpaired) electrons. The van der Waals surface area contributed by atoms with Crippen LogP contribution in [0.4, 0.5) is 0 Å². The second kappa shape index (κ2) is 11.1. The second-order valence-electron chi connectivity index (χ2n) is 8.33. The first kappa shape index (κ1) is 21.4. The molecule has 1 aliphatic heterocycles. The van der Waals surface area contributed by atoms with Crippen molar-refractivity contribution in [2.45, 2.75) is 92.3 Å². The molecule has 1 rings (SSSR count). The molecule has 0 aromatic carbocycles. The Morgan fingerprint density at radius 2 is 1.62 bits per heavy atom. The molecule has 1 fully saturated rings. The molecule has 24 heavy (non-hydrogen) atoms. The average Bonchev–Trinajstić information content (AvgIpc) is 2.50.